The Labute approximate surface area is 199 Å². The van der Waals surface area contributed by atoms with Crippen LogP contribution in [0, 0.1) is 11.7 Å². The summed E-state index contributed by atoms with van der Waals surface area (Å²) in [6.07, 6.45) is 4.03. The molecule has 2 fully saturated rings. The molecule has 0 amide bonds. The van der Waals surface area contributed by atoms with Crippen molar-refractivity contribution in [3.05, 3.63) is 57.8 Å². The van der Waals surface area contributed by atoms with E-state index in [4.69, 9.17) is 27.9 Å². The Morgan fingerprint density at radius 2 is 1.81 bits per heavy atom. The summed E-state index contributed by atoms with van der Waals surface area (Å²) in [7, 11) is -2.27. The molecule has 1 saturated heterocycles. The van der Waals surface area contributed by atoms with E-state index < -0.39 is 15.8 Å². The minimum absolute atomic E-state index is 0.0333. The number of halogens is 3. The zero-order chi connectivity index (χ0) is 22.9. The standard InChI is InChI=1S/C23H27Cl2FN2O3S/c1-27(32(29,30)23-7-5-18(26)12-22(23)25)14-16-10-20(11-16)31-19-6-4-17(21(24)13-19)15-28-8-2-3-9-28/h4-7,12-13,16,20H,2-3,8-11,14-15H2,1H3. The Hall–Kier alpha value is -1.38. The number of hydrogen-bond acceptors (Lipinski definition) is 4. The van der Waals surface area contributed by atoms with Crippen LogP contribution in [0.15, 0.2) is 41.3 Å². The van der Waals surface area contributed by atoms with Gasteiger partial charge in [0.05, 0.1) is 11.1 Å². The summed E-state index contributed by atoms with van der Waals surface area (Å²) >= 11 is 12.4. The second-order valence-corrected chi connectivity index (χ2v) is 11.5. The maximum absolute atomic E-state index is 13.3. The number of likely N-dealkylation sites (tertiary alicyclic amines) is 1. The molecule has 1 aliphatic heterocycles. The number of rotatable bonds is 8. The highest BCUT2D eigenvalue weighted by molar-refractivity contribution is 7.89. The van der Waals surface area contributed by atoms with Gasteiger partial charge in [-0.3, -0.25) is 4.90 Å². The smallest absolute Gasteiger partial charge is 0.244 e. The summed E-state index contributed by atoms with van der Waals surface area (Å²) in [5.74, 6) is 0.353. The van der Waals surface area contributed by atoms with Crippen LogP contribution >= 0.6 is 23.2 Å². The van der Waals surface area contributed by atoms with Crippen LogP contribution in [0.1, 0.15) is 31.2 Å². The topological polar surface area (TPSA) is 49.9 Å². The van der Waals surface area contributed by atoms with Crippen molar-refractivity contribution >= 4 is 33.2 Å². The molecule has 0 unspecified atom stereocenters. The molecule has 2 aliphatic rings. The summed E-state index contributed by atoms with van der Waals surface area (Å²) in [5, 5.41) is 0.601. The molecule has 0 N–H and O–H groups in total. The molecular formula is C23H27Cl2FN2O3S. The van der Waals surface area contributed by atoms with Crippen molar-refractivity contribution in [3.63, 3.8) is 0 Å². The van der Waals surface area contributed by atoms with E-state index >= 15 is 0 Å². The first-order valence-corrected chi connectivity index (χ1v) is 13.0. The van der Waals surface area contributed by atoms with Crippen LogP contribution in [-0.2, 0) is 16.6 Å². The van der Waals surface area contributed by atoms with Gasteiger partial charge in [0.25, 0.3) is 0 Å². The van der Waals surface area contributed by atoms with Gasteiger partial charge in [0.1, 0.15) is 16.5 Å². The number of ether oxygens (including phenoxy) is 1. The van der Waals surface area contributed by atoms with E-state index in [1.807, 2.05) is 18.2 Å². The lowest BCUT2D eigenvalue weighted by molar-refractivity contribution is 0.0575. The van der Waals surface area contributed by atoms with Gasteiger partial charge in [0.2, 0.25) is 10.0 Å². The molecule has 9 heteroatoms. The molecule has 1 saturated carbocycles. The third-order valence-electron chi connectivity index (χ3n) is 6.21. The fourth-order valence-electron chi connectivity index (χ4n) is 4.34. The first-order chi connectivity index (χ1) is 15.2. The van der Waals surface area contributed by atoms with E-state index in [0.717, 1.165) is 55.9 Å². The molecule has 0 spiro atoms. The first kappa shape index (κ1) is 23.8. The summed E-state index contributed by atoms with van der Waals surface area (Å²) in [6, 6.07) is 9.16. The maximum atomic E-state index is 13.3. The Balaban J connectivity index is 1.28. The van der Waals surface area contributed by atoms with E-state index in [1.165, 1.54) is 30.3 Å². The van der Waals surface area contributed by atoms with Gasteiger partial charge in [0, 0.05) is 25.2 Å². The van der Waals surface area contributed by atoms with Crippen LogP contribution in [0.5, 0.6) is 5.75 Å². The van der Waals surface area contributed by atoms with Crippen LogP contribution in [0.2, 0.25) is 10.0 Å². The predicted octanol–water partition coefficient (Wildman–Crippen LogP) is 5.21. The number of nitrogens with zero attached hydrogens (tertiary/aromatic N) is 2. The van der Waals surface area contributed by atoms with E-state index in [-0.39, 0.29) is 21.9 Å². The fraction of sp³-hybridized carbons (Fsp3) is 0.478. The second-order valence-electron chi connectivity index (χ2n) is 8.67. The Morgan fingerprint density at radius 3 is 2.47 bits per heavy atom. The van der Waals surface area contributed by atoms with Crippen molar-refractivity contribution in [2.75, 3.05) is 26.7 Å². The predicted molar refractivity (Wildman–Crippen MR) is 124 cm³/mol. The van der Waals surface area contributed by atoms with Crippen LogP contribution in [0.4, 0.5) is 4.39 Å². The van der Waals surface area contributed by atoms with E-state index in [2.05, 4.69) is 4.90 Å². The Kier molecular flexibility index (Phi) is 7.32. The average Bonchev–Trinajstić information content (AvgIpc) is 3.21. The molecule has 1 heterocycles. The van der Waals surface area contributed by atoms with Gasteiger partial charge in [-0.25, -0.2) is 17.1 Å². The molecule has 0 radical (unpaired) electrons. The molecule has 4 rings (SSSR count). The second kappa shape index (κ2) is 9.85. The third kappa shape index (κ3) is 5.39. The van der Waals surface area contributed by atoms with Gasteiger partial charge in [0.15, 0.2) is 0 Å². The van der Waals surface area contributed by atoms with Crippen molar-refractivity contribution in [2.45, 2.75) is 43.2 Å². The SMILES string of the molecule is CN(CC1CC(Oc2ccc(CN3CCCC3)c(Cl)c2)C1)S(=O)(=O)c1ccc(F)cc1Cl. The minimum Gasteiger partial charge on any atom is -0.490 e. The van der Waals surface area contributed by atoms with Crippen molar-refractivity contribution in [1.29, 1.82) is 0 Å². The van der Waals surface area contributed by atoms with Gasteiger partial charge in [-0.1, -0.05) is 29.3 Å². The number of sulfonamides is 1. The third-order valence-corrected chi connectivity index (χ3v) is 8.87. The quantitative estimate of drug-likeness (QED) is 0.499. The lowest BCUT2D eigenvalue weighted by Crippen LogP contribution is -2.41. The van der Waals surface area contributed by atoms with Crippen LogP contribution in [0.3, 0.4) is 0 Å². The van der Waals surface area contributed by atoms with Crippen molar-refractivity contribution in [2.24, 2.45) is 5.92 Å². The highest BCUT2D eigenvalue weighted by Gasteiger charge is 2.35. The largest absolute Gasteiger partial charge is 0.490 e. The number of benzene rings is 2. The maximum Gasteiger partial charge on any atom is 0.244 e. The molecule has 174 valence electrons. The van der Waals surface area contributed by atoms with Crippen LogP contribution in [-0.4, -0.2) is 50.4 Å². The van der Waals surface area contributed by atoms with Gasteiger partial charge >= 0.3 is 0 Å². The van der Waals surface area contributed by atoms with Gasteiger partial charge in [-0.05, 0) is 80.6 Å². The van der Waals surface area contributed by atoms with Crippen LogP contribution in [0.25, 0.3) is 0 Å². The van der Waals surface area contributed by atoms with Crippen molar-refractivity contribution in [3.8, 4) is 5.75 Å². The van der Waals surface area contributed by atoms with Crippen molar-refractivity contribution < 1.29 is 17.5 Å². The van der Waals surface area contributed by atoms with Gasteiger partial charge < -0.3 is 4.74 Å². The Bertz CT molecular complexity index is 1070. The summed E-state index contributed by atoms with van der Waals surface area (Å²) in [4.78, 5) is 2.32. The lowest BCUT2D eigenvalue weighted by Gasteiger charge is -2.37. The molecule has 0 bridgehead atoms. The molecular weight excluding hydrogens is 474 g/mol. The lowest BCUT2D eigenvalue weighted by atomic mass is 9.82. The zero-order valence-electron chi connectivity index (χ0n) is 17.9. The fourth-order valence-corrected chi connectivity index (χ4v) is 6.32. The van der Waals surface area contributed by atoms with Gasteiger partial charge in [-0.2, -0.15) is 0 Å². The van der Waals surface area contributed by atoms with E-state index in [9.17, 15) is 12.8 Å². The minimum atomic E-state index is -3.78. The number of hydrogen-bond donors (Lipinski definition) is 0. The van der Waals surface area contributed by atoms with E-state index in [0.29, 0.717) is 11.6 Å². The summed E-state index contributed by atoms with van der Waals surface area (Å²) < 4.78 is 46.1. The molecule has 32 heavy (non-hydrogen) atoms. The van der Waals surface area contributed by atoms with Crippen molar-refractivity contribution in [1.82, 2.24) is 9.21 Å². The summed E-state index contributed by atoms with van der Waals surface area (Å²) in [6.45, 7) is 3.46. The molecule has 2 aromatic carbocycles. The molecule has 2 aromatic rings. The average molecular weight is 501 g/mol. The highest BCUT2D eigenvalue weighted by Crippen LogP contribution is 2.35. The highest BCUT2D eigenvalue weighted by atomic mass is 35.5. The molecule has 5 nitrogen and oxygen atoms in total. The molecule has 0 atom stereocenters. The van der Waals surface area contributed by atoms with Gasteiger partial charge in [-0.15, -0.1) is 0 Å². The normalized spacial score (nSPS) is 21.7. The first-order valence-electron chi connectivity index (χ1n) is 10.8. The molecule has 0 aromatic heterocycles. The zero-order valence-corrected chi connectivity index (χ0v) is 20.3. The molecule has 1 aliphatic carbocycles. The van der Waals surface area contributed by atoms with E-state index in [1.54, 1.807) is 0 Å². The monoisotopic (exact) mass is 500 g/mol. The Morgan fingerprint density at radius 1 is 1.09 bits per heavy atom. The van der Waals surface area contributed by atoms with Crippen LogP contribution < -0.4 is 4.74 Å². The summed E-state index contributed by atoms with van der Waals surface area (Å²) in [5.41, 5.74) is 1.11.